The lowest BCUT2D eigenvalue weighted by Gasteiger charge is -2.31. The van der Waals surface area contributed by atoms with E-state index in [-0.39, 0.29) is 18.3 Å². The zero-order chi connectivity index (χ0) is 19.2. The van der Waals surface area contributed by atoms with Crippen LogP contribution in [-0.2, 0) is 4.79 Å². The van der Waals surface area contributed by atoms with Gasteiger partial charge in [0.15, 0.2) is 11.6 Å². The van der Waals surface area contributed by atoms with Crippen molar-refractivity contribution < 1.29 is 9.53 Å². The van der Waals surface area contributed by atoms with Gasteiger partial charge in [-0.05, 0) is 31.3 Å². The Labute approximate surface area is 157 Å². The number of hydrogen-bond acceptors (Lipinski definition) is 9. The van der Waals surface area contributed by atoms with E-state index in [1.807, 2.05) is 0 Å². The number of nitrogens with two attached hydrogens (primary N) is 2. The minimum atomic E-state index is -0.323. The molecule has 0 bridgehead atoms. The second-order valence-electron chi connectivity index (χ2n) is 6.36. The zero-order valence-corrected chi connectivity index (χ0v) is 15.2. The number of carbonyl (C=O) groups is 1. The summed E-state index contributed by atoms with van der Waals surface area (Å²) in [6, 6.07) is 10.2. The number of likely N-dealkylation sites (N-methyl/N-ethyl adjacent to an activating group) is 1. The highest BCUT2D eigenvalue weighted by atomic mass is 16.5. The van der Waals surface area contributed by atoms with Gasteiger partial charge in [0.25, 0.3) is 0 Å². The Balaban J connectivity index is 1.66. The number of anilines is 2. The third kappa shape index (κ3) is 5.22. The minimum absolute atomic E-state index is 0.184. The van der Waals surface area contributed by atoms with Crippen molar-refractivity contribution in [3.05, 3.63) is 36.4 Å². The molecule has 2 heterocycles. The number of carbonyl (C=O) groups excluding carboxylic acids is 1. The molecule has 1 aliphatic heterocycles. The van der Waals surface area contributed by atoms with Gasteiger partial charge >= 0.3 is 5.97 Å². The number of azo groups is 1. The largest absolute Gasteiger partial charge is 0.423 e. The van der Waals surface area contributed by atoms with E-state index in [0.717, 1.165) is 26.2 Å². The number of nitrogens with zero attached hydrogens (tertiary/aromatic N) is 5. The molecule has 0 amide bonds. The molecule has 0 unspecified atom stereocenters. The molecular weight excluding hydrogens is 346 g/mol. The molecule has 1 aromatic carbocycles. The van der Waals surface area contributed by atoms with Gasteiger partial charge < -0.3 is 21.1 Å². The van der Waals surface area contributed by atoms with E-state index in [1.165, 1.54) is 0 Å². The number of rotatable bonds is 5. The van der Waals surface area contributed by atoms with Crippen LogP contribution in [0.25, 0.3) is 0 Å². The van der Waals surface area contributed by atoms with Gasteiger partial charge in [-0.2, -0.15) is 0 Å². The number of para-hydroxylation sites is 1. The normalized spacial score (nSPS) is 15.9. The summed E-state index contributed by atoms with van der Waals surface area (Å²) >= 11 is 0. The third-order valence-electron chi connectivity index (χ3n) is 4.23. The molecule has 3 rings (SSSR count). The lowest BCUT2D eigenvalue weighted by Crippen LogP contribution is -2.46. The molecule has 1 aromatic heterocycles. The predicted molar refractivity (Wildman–Crippen MR) is 103 cm³/mol. The molecule has 9 heteroatoms. The maximum absolute atomic E-state index is 12.3. The van der Waals surface area contributed by atoms with Crippen molar-refractivity contribution in [3.63, 3.8) is 0 Å². The number of esters is 1. The molecule has 142 valence electrons. The van der Waals surface area contributed by atoms with Gasteiger partial charge in [0, 0.05) is 26.2 Å². The molecule has 1 saturated heterocycles. The van der Waals surface area contributed by atoms with E-state index in [1.54, 1.807) is 36.4 Å². The van der Waals surface area contributed by atoms with Crippen LogP contribution in [0.1, 0.15) is 0 Å². The fourth-order valence-corrected chi connectivity index (χ4v) is 2.65. The van der Waals surface area contributed by atoms with Crippen LogP contribution in [0, 0.1) is 0 Å². The zero-order valence-electron chi connectivity index (χ0n) is 15.2. The van der Waals surface area contributed by atoms with Crippen molar-refractivity contribution in [2.24, 2.45) is 10.2 Å². The fourth-order valence-electron chi connectivity index (χ4n) is 2.65. The summed E-state index contributed by atoms with van der Waals surface area (Å²) in [6.45, 7) is 3.81. The first-order valence-electron chi connectivity index (χ1n) is 8.65. The second-order valence-corrected chi connectivity index (χ2v) is 6.36. The number of ether oxygens (including phenoxy) is 1. The van der Waals surface area contributed by atoms with Crippen LogP contribution >= 0.6 is 0 Å². The van der Waals surface area contributed by atoms with Crippen molar-refractivity contribution in [1.82, 2.24) is 14.8 Å². The highest BCUT2D eigenvalue weighted by Gasteiger charge is 2.18. The first-order chi connectivity index (χ1) is 13.0. The standard InChI is InChI=1S/C18H23N7O2/c1-24-8-10-25(11-9-24)12-17(26)27-15-5-3-2-4-13(15)22-23-14-6-7-16(19)21-18(14)20/h2-7H,8-12H2,1H3,(H4,19,20,21). The van der Waals surface area contributed by atoms with Crippen LogP contribution < -0.4 is 16.2 Å². The highest BCUT2D eigenvalue weighted by Crippen LogP contribution is 2.30. The Kier molecular flexibility index (Phi) is 5.94. The Morgan fingerprint density at radius 3 is 2.52 bits per heavy atom. The van der Waals surface area contributed by atoms with Gasteiger partial charge in [0.05, 0.1) is 6.54 Å². The molecule has 0 radical (unpaired) electrons. The molecule has 2 aromatic rings. The van der Waals surface area contributed by atoms with Gasteiger partial charge in [-0.3, -0.25) is 9.69 Å². The summed E-state index contributed by atoms with van der Waals surface area (Å²) in [6.07, 6.45) is 0. The molecule has 1 fully saturated rings. The molecule has 1 aliphatic rings. The molecule has 0 aliphatic carbocycles. The summed E-state index contributed by atoms with van der Waals surface area (Å²) < 4.78 is 5.50. The van der Waals surface area contributed by atoms with Crippen LogP contribution in [0.15, 0.2) is 46.6 Å². The average Bonchev–Trinajstić information content (AvgIpc) is 2.64. The molecule has 0 spiro atoms. The van der Waals surface area contributed by atoms with Crippen molar-refractivity contribution in [1.29, 1.82) is 0 Å². The Morgan fingerprint density at radius 2 is 1.78 bits per heavy atom. The molecule has 27 heavy (non-hydrogen) atoms. The molecule has 0 atom stereocenters. The number of benzene rings is 1. The van der Waals surface area contributed by atoms with Crippen molar-refractivity contribution in [2.75, 3.05) is 51.2 Å². The van der Waals surface area contributed by atoms with E-state index >= 15 is 0 Å². The smallest absolute Gasteiger partial charge is 0.325 e. The van der Waals surface area contributed by atoms with Crippen molar-refractivity contribution in [2.45, 2.75) is 0 Å². The summed E-state index contributed by atoms with van der Waals surface area (Å²) in [5.74, 6) is 0.520. The first kappa shape index (κ1) is 18.7. The van der Waals surface area contributed by atoms with Crippen LogP contribution in [-0.4, -0.2) is 60.5 Å². The van der Waals surface area contributed by atoms with Crippen LogP contribution in [0.5, 0.6) is 5.75 Å². The van der Waals surface area contributed by atoms with Gasteiger partial charge in [0.1, 0.15) is 17.2 Å². The number of aromatic nitrogens is 1. The maximum Gasteiger partial charge on any atom is 0.325 e. The number of piperazine rings is 1. The molecule has 9 nitrogen and oxygen atoms in total. The summed E-state index contributed by atoms with van der Waals surface area (Å²) in [5, 5.41) is 8.23. The molecule has 0 saturated carbocycles. The van der Waals surface area contributed by atoms with Crippen LogP contribution in [0.2, 0.25) is 0 Å². The average molecular weight is 369 g/mol. The summed E-state index contributed by atoms with van der Waals surface area (Å²) in [4.78, 5) is 20.5. The first-order valence-corrected chi connectivity index (χ1v) is 8.65. The van der Waals surface area contributed by atoms with Gasteiger partial charge in [-0.1, -0.05) is 12.1 Å². The number of hydrogen-bond donors (Lipinski definition) is 2. The molecular formula is C18H23N7O2. The fraction of sp³-hybridized carbons (Fsp3) is 0.333. The topological polar surface area (TPSA) is 122 Å². The van der Waals surface area contributed by atoms with Crippen LogP contribution in [0.4, 0.5) is 23.0 Å². The Bertz CT molecular complexity index is 832. The van der Waals surface area contributed by atoms with E-state index < -0.39 is 0 Å². The van der Waals surface area contributed by atoms with E-state index in [2.05, 4.69) is 32.1 Å². The number of pyridine rings is 1. The quantitative estimate of drug-likeness (QED) is 0.468. The monoisotopic (exact) mass is 369 g/mol. The SMILES string of the molecule is CN1CCN(CC(=O)Oc2ccccc2N=Nc2ccc(N)nc2N)CC1. The Hall–Kier alpha value is -3.04. The van der Waals surface area contributed by atoms with Gasteiger partial charge in [-0.25, -0.2) is 4.98 Å². The van der Waals surface area contributed by atoms with E-state index in [4.69, 9.17) is 16.2 Å². The van der Waals surface area contributed by atoms with Crippen molar-refractivity contribution >= 4 is 29.0 Å². The van der Waals surface area contributed by atoms with E-state index in [0.29, 0.717) is 22.9 Å². The summed E-state index contributed by atoms with van der Waals surface area (Å²) in [5.41, 5.74) is 12.2. The lowest BCUT2D eigenvalue weighted by molar-refractivity contribution is -0.136. The van der Waals surface area contributed by atoms with Crippen molar-refractivity contribution in [3.8, 4) is 5.75 Å². The predicted octanol–water partition coefficient (Wildman–Crippen LogP) is 1.81. The van der Waals surface area contributed by atoms with Gasteiger partial charge in [-0.15, -0.1) is 10.2 Å². The van der Waals surface area contributed by atoms with Crippen LogP contribution in [0.3, 0.4) is 0 Å². The maximum atomic E-state index is 12.3. The Morgan fingerprint density at radius 1 is 1.07 bits per heavy atom. The minimum Gasteiger partial charge on any atom is -0.423 e. The van der Waals surface area contributed by atoms with E-state index in [9.17, 15) is 4.79 Å². The third-order valence-corrected chi connectivity index (χ3v) is 4.23. The molecule has 4 N–H and O–H groups in total. The second kappa shape index (κ2) is 8.56. The highest BCUT2D eigenvalue weighted by molar-refractivity contribution is 5.76. The van der Waals surface area contributed by atoms with Gasteiger partial charge in [0.2, 0.25) is 0 Å². The number of nitrogen functional groups attached to an aromatic ring is 2. The summed E-state index contributed by atoms with van der Waals surface area (Å²) in [7, 11) is 2.07. The lowest BCUT2D eigenvalue weighted by atomic mass is 10.3.